The van der Waals surface area contributed by atoms with E-state index >= 15 is 0 Å². The van der Waals surface area contributed by atoms with Crippen molar-refractivity contribution in [3.63, 3.8) is 0 Å². The Labute approximate surface area is 113 Å². The molecule has 1 rings (SSSR count). The van der Waals surface area contributed by atoms with Gasteiger partial charge in [-0.3, -0.25) is 0 Å². The van der Waals surface area contributed by atoms with Gasteiger partial charge in [0.2, 0.25) is 0 Å². The average molecular weight is 267 g/mol. The number of aliphatic hydroxyl groups excluding tert-OH is 1. The Morgan fingerprint density at radius 2 is 2.05 bits per heavy atom. The van der Waals surface area contributed by atoms with Crippen LogP contribution in [0, 0.1) is 5.92 Å². The number of carboxylic acid groups (broad SMARTS) is 1. The highest BCUT2D eigenvalue weighted by Gasteiger charge is 2.10. The van der Waals surface area contributed by atoms with Crippen molar-refractivity contribution in [2.75, 3.05) is 13.2 Å². The molecule has 0 heterocycles. The van der Waals surface area contributed by atoms with Crippen LogP contribution in [0.25, 0.3) is 0 Å². The van der Waals surface area contributed by atoms with E-state index in [0.717, 1.165) is 17.7 Å². The number of aliphatic hydroxyl groups is 1. The zero-order valence-corrected chi connectivity index (χ0v) is 11.3. The summed E-state index contributed by atoms with van der Waals surface area (Å²) in [7, 11) is 0. The molecule has 0 aliphatic carbocycles. The molecule has 0 aliphatic rings. The minimum atomic E-state index is -1.01. The first-order valence-electron chi connectivity index (χ1n) is 6.34. The van der Waals surface area contributed by atoms with Crippen LogP contribution in [0.3, 0.4) is 0 Å². The van der Waals surface area contributed by atoms with Crippen molar-refractivity contribution in [2.45, 2.75) is 26.4 Å². The van der Waals surface area contributed by atoms with E-state index in [1.807, 2.05) is 31.2 Å². The summed E-state index contributed by atoms with van der Waals surface area (Å²) in [6, 6.07) is 7.60. The van der Waals surface area contributed by atoms with Crippen LogP contribution < -0.4 is 10.1 Å². The number of hydrogen-bond donors (Lipinski definition) is 3. The summed E-state index contributed by atoms with van der Waals surface area (Å²) in [4.78, 5) is 10.4. The second-order valence-corrected chi connectivity index (χ2v) is 4.76. The van der Waals surface area contributed by atoms with Gasteiger partial charge < -0.3 is 20.3 Å². The zero-order chi connectivity index (χ0) is 14.3. The van der Waals surface area contributed by atoms with Crippen molar-refractivity contribution in [1.29, 1.82) is 0 Å². The van der Waals surface area contributed by atoms with E-state index in [1.165, 1.54) is 0 Å². The fourth-order valence-electron chi connectivity index (χ4n) is 1.73. The van der Waals surface area contributed by atoms with E-state index in [-0.39, 0.29) is 12.5 Å². The van der Waals surface area contributed by atoms with Crippen LogP contribution in [0.2, 0.25) is 0 Å². The molecule has 5 heteroatoms. The topological polar surface area (TPSA) is 78.8 Å². The Hall–Kier alpha value is -1.75. The first-order valence-corrected chi connectivity index (χ1v) is 6.34. The predicted octanol–water partition coefficient (Wildman–Crippen LogP) is 1.89. The molecule has 0 fully saturated rings. The molecule has 5 nitrogen and oxygen atoms in total. The highest BCUT2D eigenvalue weighted by atomic mass is 16.5. The molecule has 2 unspecified atom stereocenters. The fourth-order valence-corrected chi connectivity index (χ4v) is 1.73. The number of amides is 1. The van der Waals surface area contributed by atoms with Crippen molar-refractivity contribution >= 4 is 6.09 Å². The smallest absolute Gasteiger partial charge is 0.404 e. The molecule has 19 heavy (non-hydrogen) atoms. The zero-order valence-electron chi connectivity index (χ0n) is 11.3. The fraction of sp³-hybridized carbons (Fsp3) is 0.500. The lowest BCUT2D eigenvalue weighted by Gasteiger charge is -2.16. The summed E-state index contributed by atoms with van der Waals surface area (Å²) in [5, 5.41) is 20.2. The number of carbonyl (C=O) groups is 1. The molecule has 3 N–H and O–H groups in total. The maximum atomic E-state index is 10.4. The molecule has 0 radical (unpaired) electrons. The third kappa shape index (κ3) is 6.10. The van der Waals surface area contributed by atoms with Gasteiger partial charge in [-0.1, -0.05) is 25.1 Å². The van der Waals surface area contributed by atoms with Gasteiger partial charge in [0.25, 0.3) is 0 Å². The molecule has 0 saturated carbocycles. The molecular formula is C14H21NO4. The highest BCUT2D eigenvalue weighted by molar-refractivity contribution is 5.64. The molecule has 0 saturated heterocycles. The van der Waals surface area contributed by atoms with Crippen LogP contribution >= 0.6 is 0 Å². The van der Waals surface area contributed by atoms with Crippen LogP contribution in [-0.4, -0.2) is 35.6 Å². The van der Waals surface area contributed by atoms with Gasteiger partial charge in [0, 0.05) is 6.54 Å². The molecule has 106 valence electrons. The average Bonchev–Trinajstić information content (AvgIpc) is 2.35. The molecule has 0 aliphatic heterocycles. The Kier molecular flexibility index (Phi) is 6.15. The van der Waals surface area contributed by atoms with Crippen molar-refractivity contribution < 1.29 is 19.7 Å². The van der Waals surface area contributed by atoms with E-state index in [1.54, 1.807) is 6.92 Å². The maximum absolute atomic E-state index is 10.4. The van der Waals surface area contributed by atoms with Crippen LogP contribution in [0.15, 0.2) is 24.3 Å². The molecule has 0 bridgehead atoms. The minimum absolute atomic E-state index is 0.174. The van der Waals surface area contributed by atoms with Crippen LogP contribution in [-0.2, 0) is 6.42 Å². The van der Waals surface area contributed by atoms with Crippen LogP contribution in [0.5, 0.6) is 5.75 Å². The standard InChI is InChI=1S/C14H21NO4/c1-10(8-15-14(17)18)7-12-5-3-4-6-13(12)19-9-11(2)16/h3-6,10-11,15-16H,7-9H2,1-2H3,(H,17,18). The molecular weight excluding hydrogens is 246 g/mol. The van der Waals surface area contributed by atoms with Gasteiger partial charge in [-0.2, -0.15) is 0 Å². The second-order valence-electron chi connectivity index (χ2n) is 4.76. The van der Waals surface area contributed by atoms with Crippen molar-refractivity contribution in [3.8, 4) is 5.75 Å². The van der Waals surface area contributed by atoms with Crippen molar-refractivity contribution in [3.05, 3.63) is 29.8 Å². The van der Waals surface area contributed by atoms with Crippen molar-refractivity contribution in [1.82, 2.24) is 5.32 Å². The van der Waals surface area contributed by atoms with Gasteiger partial charge in [0.15, 0.2) is 0 Å². The van der Waals surface area contributed by atoms with Gasteiger partial charge in [0.05, 0.1) is 6.10 Å². The number of nitrogens with one attached hydrogen (secondary N) is 1. The lowest BCUT2D eigenvalue weighted by Crippen LogP contribution is -2.27. The number of rotatable bonds is 7. The summed E-state index contributed by atoms with van der Waals surface area (Å²) in [6.07, 6.45) is -0.805. The molecule has 0 spiro atoms. The number of benzene rings is 1. The normalized spacial score (nSPS) is 13.6. The van der Waals surface area contributed by atoms with Gasteiger partial charge in [-0.15, -0.1) is 0 Å². The van der Waals surface area contributed by atoms with E-state index < -0.39 is 12.2 Å². The largest absolute Gasteiger partial charge is 0.491 e. The van der Waals surface area contributed by atoms with Gasteiger partial charge in [0.1, 0.15) is 12.4 Å². The number of hydrogen-bond acceptors (Lipinski definition) is 3. The quantitative estimate of drug-likeness (QED) is 0.705. The monoisotopic (exact) mass is 267 g/mol. The Morgan fingerprint density at radius 1 is 1.37 bits per heavy atom. The summed E-state index contributed by atoms with van der Waals surface area (Å²) in [5.41, 5.74) is 1.02. The van der Waals surface area contributed by atoms with Crippen LogP contribution in [0.1, 0.15) is 19.4 Å². The van der Waals surface area contributed by atoms with E-state index in [2.05, 4.69) is 5.32 Å². The van der Waals surface area contributed by atoms with Gasteiger partial charge in [-0.05, 0) is 30.9 Å². The third-order valence-corrected chi connectivity index (χ3v) is 2.62. The molecule has 0 aromatic heterocycles. The first kappa shape index (κ1) is 15.3. The lowest BCUT2D eigenvalue weighted by molar-refractivity contribution is 0.122. The number of ether oxygens (including phenoxy) is 1. The summed E-state index contributed by atoms with van der Waals surface area (Å²) >= 11 is 0. The lowest BCUT2D eigenvalue weighted by atomic mass is 10.0. The van der Waals surface area contributed by atoms with Gasteiger partial charge in [-0.25, -0.2) is 4.79 Å². The van der Waals surface area contributed by atoms with E-state index in [9.17, 15) is 9.90 Å². The molecule has 1 aromatic rings. The second kappa shape index (κ2) is 7.63. The van der Waals surface area contributed by atoms with Crippen LogP contribution in [0.4, 0.5) is 4.79 Å². The Morgan fingerprint density at radius 3 is 2.68 bits per heavy atom. The highest BCUT2D eigenvalue weighted by Crippen LogP contribution is 2.21. The van der Waals surface area contributed by atoms with E-state index in [0.29, 0.717) is 6.54 Å². The maximum Gasteiger partial charge on any atom is 0.404 e. The van der Waals surface area contributed by atoms with Gasteiger partial charge >= 0.3 is 6.09 Å². The molecule has 1 amide bonds. The Balaban J connectivity index is 2.58. The first-order chi connectivity index (χ1) is 8.99. The molecule has 2 atom stereocenters. The SMILES string of the molecule is CC(O)COc1ccccc1CC(C)CNC(=O)O. The van der Waals surface area contributed by atoms with E-state index in [4.69, 9.17) is 9.84 Å². The summed E-state index contributed by atoms with van der Waals surface area (Å²) in [6.45, 7) is 4.29. The third-order valence-electron chi connectivity index (χ3n) is 2.62. The number of para-hydroxylation sites is 1. The molecule has 1 aromatic carbocycles. The predicted molar refractivity (Wildman–Crippen MR) is 72.5 cm³/mol. The summed E-state index contributed by atoms with van der Waals surface area (Å²) < 4.78 is 5.54. The van der Waals surface area contributed by atoms with Crippen molar-refractivity contribution in [2.24, 2.45) is 5.92 Å². The minimum Gasteiger partial charge on any atom is -0.491 e. The summed E-state index contributed by atoms with van der Waals surface area (Å²) in [5.74, 6) is 0.915. The Bertz CT molecular complexity index is 406.